The molecule has 0 aromatic heterocycles. The van der Waals surface area contributed by atoms with Gasteiger partial charge in [0.15, 0.2) is 0 Å². The molecule has 2 unspecified atom stereocenters. The first kappa shape index (κ1) is 7.59. The number of allylic oxidation sites excluding steroid dienone is 4. The molecule has 1 rings (SSSR count). The van der Waals surface area contributed by atoms with Crippen molar-refractivity contribution < 1.29 is 0 Å². The molecule has 0 saturated heterocycles. The van der Waals surface area contributed by atoms with Crippen LogP contribution in [0.4, 0.5) is 0 Å². The Morgan fingerprint density at radius 3 is 2.90 bits per heavy atom. The van der Waals surface area contributed by atoms with Crippen molar-refractivity contribution in [3.63, 3.8) is 0 Å². The fraction of sp³-hybridized carbons (Fsp3) is 0.600. The fourth-order valence-corrected chi connectivity index (χ4v) is 1.51. The molecular formula is C10H16. The SMILES string of the molecule is CC=CC1C=CCC(C)C1. The maximum atomic E-state index is 2.32. The number of rotatable bonds is 1. The van der Waals surface area contributed by atoms with Gasteiger partial charge in [0.05, 0.1) is 0 Å². The third kappa shape index (κ3) is 2.02. The summed E-state index contributed by atoms with van der Waals surface area (Å²) in [5, 5.41) is 0. The van der Waals surface area contributed by atoms with Crippen molar-refractivity contribution in [1.29, 1.82) is 0 Å². The van der Waals surface area contributed by atoms with Gasteiger partial charge >= 0.3 is 0 Å². The highest BCUT2D eigenvalue weighted by Crippen LogP contribution is 2.23. The summed E-state index contributed by atoms with van der Waals surface area (Å²) in [7, 11) is 0. The van der Waals surface area contributed by atoms with E-state index in [9.17, 15) is 0 Å². The predicted molar refractivity (Wildman–Crippen MR) is 45.8 cm³/mol. The Balaban J connectivity index is 2.47. The molecule has 10 heavy (non-hydrogen) atoms. The van der Waals surface area contributed by atoms with Crippen LogP contribution in [0, 0.1) is 11.8 Å². The van der Waals surface area contributed by atoms with E-state index in [-0.39, 0.29) is 0 Å². The summed E-state index contributed by atoms with van der Waals surface area (Å²) in [6, 6.07) is 0. The van der Waals surface area contributed by atoms with Gasteiger partial charge in [-0.1, -0.05) is 31.2 Å². The Morgan fingerprint density at radius 2 is 2.30 bits per heavy atom. The Labute approximate surface area is 63.6 Å². The van der Waals surface area contributed by atoms with Crippen LogP contribution in [-0.2, 0) is 0 Å². The lowest BCUT2D eigenvalue weighted by Gasteiger charge is -2.18. The molecule has 0 N–H and O–H groups in total. The monoisotopic (exact) mass is 136 g/mol. The first-order chi connectivity index (χ1) is 4.83. The molecule has 0 heterocycles. The van der Waals surface area contributed by atoms with Gasteiger partial charge in [-0.25, -0.2) is 0 Å². The molecule has 56 valence electrons. The summed E-state index contributed by atoms with van der Waals surface area (Å²) in [6.45, 7) is 4.41. The zero-order valence-electron chi connectivity index (χ0n) is 6.88. The van der Waals surface area contributed by atoms with Crippen LogP contribution in [0.1, 0.15) is 26.7 Å². The molecule has 1 aliphatic carbocycles. The van der Waals surface area contributed by atoms with E-state index < -0.39 is 0 Å². The second kappa shape index (κ2) is 3.60. The topological polar surface area (TPSA) is 0 Å². The van der Waals surface area contributed by atoms with Crippen LogP contribution in [0.3, 0.4) is 0 Å². The molecule has 0 bridgehead atoms. The number of hydrogen-bond donors (Lipinski definition) is 0. The van der Waals surface area contributed by atoms with Crippen molar-refractivity contribution in [2.24, 2.45) is 11.8 Å². The minimum atomic E-state index is 0.716. The molecule has 0 aromatic carbocycles. The maximum absolute atomic E-state index is 2.32. The molecule has 0 aliphatic heterocycles. The van der Waals surface area contributed by atoms with Crippen LogP contribution in [0.5, 0.6) is 0 Å². The van der Waals surface area contributed by atoms with E-state index >= 15 is 0 Å². The average molecular weight is 136 g/mol. The summed E-state index contributed by atoms with van der Waals surface area (Å²) in [5.74, 6) is 1.60. The van der Waals surface area contributed by atoms with Gasteiger partial charge in [-0.15, -0.1) is 0 Å². The van der Waals surface area contributed by atoms with E-state index in [4.69, 9.17) is 0 Å². The summed E-state index contributed by atoms with van der Waals surface area (Å²) in [5.41, 5.74) is 0. The van der Waals surface area contributed by atoms with Gasteiger partial charge in [0, 0.05) is 0 Å². The summed E-state index contributed by atoms with van der Waals surface area (Å²) < 4.78 is 0. The first-order valence-corrected chi connectivity index (χ1v) is 4.12. The van der Waals surface area contributed by atoms with Crippen molar-refractivity contribution in [3.8, 4) is 0 Å². The molecule has 0 radical (unpaired) electrons. The van der Waals surface area contributed by atoms with Crippen molar-refractivity contribution in [2.75, 3.05) is 0 Å². The van der Waals surface area contributed by atoms with Gasteiger partial charge in [0.25, 0.3) is 0 Å². The third-order valence-electron chi connectivity index (χ3n) is 2.04. The van der Waals surface area contributed by atoms with E-state index in [1.165, 1.54) is 12.8 Å². The molecule has 0 nitrogen and oxygen atoms in total. The Bertz CT molecular complexity index is 142. The van der Waals surface area contributed by atoms with E-state index in [1.54, 1.807) is 0 Å². The quantitative estimate of drug-likeness (QED) is 0.486. The zero-order chi connectivity index (χ0) is 7.40. The highest BCUT2D eigenvalue weighted by molar-refractivity contribution is 5.03. The molecule has 0 saturated carbocycles. The molecule has 0 heteroatoms. The van der Waals surface area contributed by atoms with E-state index in [1.807, 2.05) is 0 Å². The molecule has 0 aromatic rings. The lowest BCUT2D eigenvalue weighted by molar-refractivity contribution is 0.473. The molecule has 0 spiro atoms. The van der Waals surface area contributed by atoms with Gasteiger partial charge in [0.1, 0.15) is 0 Å². The van der Waals surface area contributed by atoms with Gasteiger partial charge in [-0.3, -0.25) is 0 Å². The molecule has 2 atom stereocenters. The van der Waals surface area contributed by atoms with E-state index in [0.29, 0.717) is 5.92 Å². The van der Waals surface area contributed by atoms with Crippen LogP contribution in [0.15, 0.2) is 24.3 Å². The second-order valence-electron chi connectivity index (χ2n) is 3.19. The highest BCUT2D eigenvalue weighted by atomic mass is 14.2. The average Bonchev–Trinajstić information content (AvgIpc) is 1.88. The molecule has 0 fully saturated rings. The summed E-state index contributed by atoms with van der Waals surface area (Å²) >= 11 is 0. The van der Waals surface area contributed by atoms with E-state index in [0.717, 1.165) is 5.92 Å². The highest BCUT2D eigenvalue weighted by Gasteiger charge is 2.10. The number of hydrogen-bond acceptors (Lipinski definition) is 0. The Morgan fingerprint density at radius 1 is 1.50 bits per heavy atom. The predicted octanol–water partition coefficient (Wildman–Crippen LogP) is 3.16. The standard InChI is InChI=1S/C10H16/c1-3-5-10-7-4-6-9(2)8-10/h3-5,7,9-10H,6,8H2,1-2H3. The largest absolute Gasteiger partial charge is 0.0911 e. The molecule has 0 amide bonds. The van der Waals surface area contributed by atoms with Gasteiger partial charge in [-0.2, -0.15) is 0 Å². The fourth-order valence-electron chi connectivity index (χ4n) is 1.51. The molecular weight excluding hydrogens is 120 g/mol. The van der Waals surface area contributed by atoms with Gasteiger partial charge < -0.3 is 0 Å². The van der Waals surface area contributed by atoms with Crippen molar-refractivity contribution >= 4 is 0 Å². The summed E-state index contributed by atoms with van der Waals surface area (Å²) in [6.07, 6.45) is 11.7. The first-order valence-electron chi connectivity index (χ1n) is 4.12. The Hall–Kier alpha value is -0.520. The van der Waals surface area contributed by atoms with Crippen molar-refractivity contribution in [3.05, 3.63) is 24.3 Å². The lowest BCUT2D eigenvalue weighted by atomic mass is 9.88. The van der Waals surface area contributed by atoms with E-state index in [2.05, 4.69) is 38.2 Å². The van der Waals surface area contributed by atoms with Gasteiger partial charge in [-0.05, 0) is 31.6 Å². The lowest BCUT2D eigenvalue weighted by Crippen LogP contribution is -2.05. The third-order valence-corrected chi connectivity index (χ3v) is 2.04. The van der Waals surface area contributed by atoms with Crippen LogP contribution in [0.2, 0.25) is 0 Å². The summed E-state index contributed by atoms with van der Waals surface area (Å²) in [4.78, 5) is 0. The van der Waals surface area contributed by atoms with Crippen molar-refractivity contribution in [2.45, 2.75) is 26.7 Å². The second-order valence-corrected chi connectivity index (χ2v) is 3.19. The Kier molecular flexibility index (Phi) is 2.73. The van der Waals surface area contributed by atoms with Crippen LogP contribution in [0.25, 0.3) is 0 Å². The minimum absolute atomic E-state index is 0.716. The van der Waals surface area contributed by atoms with Gasteiger partial charge in [0.2, 0.25) is 0 Å². The van der Waals surface area contributed by atoms with Crippen LogP contribution < -0.4 is 0 Å². The maximum Gasteiger partial charge on any atom is -0.00510 e. The zero-order valence-corrected chi connectivity index (χ0v) is 6.88. The van der Waals surface area contributed by atoms with Crippen LogP contribution >= 0.6 is 0 Å². The minimum Gasteiger partial charge on any atom is -0.0911 e. The normalized spacial score (nSPS) is 33.4. The van der Waals surface area contributed by atoms with Crippen LogP contribution in [-0.4, -0.2) is 0 Å². The smallest absolute Gasteiger partial charge is 0.00510 e. The van der Waals surface area contributed by atoms with Crippen molar-refractivity contribution in [1.82, 2.24) is 0 Å². The molecule has 1 aliphatic rings.